The summed E-state index contributed by atoms with van der Waals surface area (Å²) >= 11 is 24.0. The van der Waals surface area contributed by atoms with E-state index in [-0.39, 0.29) is 36.2 Å². The van der Waals surface area contributed by atoms with Crippen LogP contribution in [0.2, 0.25) is 20.1 Å². The van der Waals surface area contributed by atoms with Crippen LogP contribution < -0.4 is 9.62 Å². The Labute approximate surface area is 216 Å². The normalized spacial score (nSPS) is 11.1. The summed E-state index contributed by atoms with van der Waals surface area (Å²) < 4.78 is 32.1. The number of benzene rings is 3. The molecule has 0 fully saturated rings. The van der Waals surface area contributed by atoms with Crippen molar-refractivity contribution in [3.63, 3.8) is 0 Å². The largest absolute Gasteiger partial charge is 0.452 e. The van der Waals surface area contributed by atoms with Crippen molar-refractivity contribution in [2.45, 2.75) is 4.90 Å². The number of para-hydroxylation sites is 1. The number of sulfonamides is 1. The van der Waals surface area contributed by atoms with Crippen LogP contribution >= 0.6 is 46.4 Å². The first-order valence-corrected chi connectivity index (χ1v) is 12.4. The van der Waals surface area contributed by atoms with Gasteiger partial charge >= 0.3 is 5.97 Å². The molecule has 3 rings (SSSR count). The van der Waals surface area contributed by atoms with Gasteiger partial charge in [-0.3, -0.25) is 9.10 Å². The Kier molecular flexibility index (Phi) is 8.33. The summed E-state index contributed by atoms with van der Waals surface area (Å²) in [4.78, 5) is 24.6. The van der Waals surface area contributed by atoms with E-state index in [2.05, 4.69) is 5.32 Å². The number of nitrogens with one attached hydrogen (secondary N) is 1. The van der Waals surface area contributed by atoms with E-state index in [1.165, 1.54) is 31.3 Å². The van der Waals surface area contributed by atoms with Crippen LogP contribution in [0, 0.1) is 0 Å². The second kappa shape index (κ2) is 10.8. The molecule has 0 aliphatic heterocycles. The molecule has 0 unspecified atom stereocenters. The predicted molar refractivity (Wildman–Crippen MR) is 134 cm³/mol. The van der Waals surface area contributed by atoms with Crippen molar-refractivity contribution in [3.8, 4) is 0 Å². The standard InChI is InChI=1S/C22H16Cl4N2O5S/c1-28(14-5-3-2-4-6-14)34(31,32)15-7-8-17(24)16(11-15)22(30)33-12-20(29)27-21-18(25)9-13(23)10-19(21)26/h2-11H,12H2,1H3,(H,27,29). The molecule has 0 bridgehead atoms. The topological polar surface area (TPSA) is 92.8 Å². The Balaban J connectivity index is 1.74. The van der Waals surface area contributed by atoms with E-state index in [4.69, 9.17) is 51.1 Å². The molecule has 3 aromatic carbocycles. The smallest absolute Gasteiger partial charge is 0.340 e. The van der Waals surface area contributed by atoms with Gasteiger partial charge in [-0.25, -0.2) is 13.2 Å². The molecule has 0 saturated carbocycles. The molecule has 0 radical (unpaired) electrons. The monoisotopic (exact) mass is 560 g/mol. The molecule has 0 atom stereocenters. The summed E-state index contributed by atoms with van der Waals surface area (Å²) in [6, 6.07) is 14.8. The maximum Gasteiger partial charge on any atom is 0.340 e. The van der Waals surface area contributed by atoms with Gasteiger partial charge in [-0.2, -0.15) is 0 Å². The Morgan fingerprint density at radius 2 is 1.53 bits per heavy atom. The van der Waals surface area contributed by atoms with Crippen LogP contribution in [0.3, 0.4) is 0 Å². The quantitative estimate of drug-likeness (QED) is 0.361. The van der Waals surface area contributed by atoms with Crippen LogP contribution in [-0.4, -0.2) is 33.9 Å². The first-order chi connectivity index (χ1) is 16.0. The molecule has 0 aromatic heterocycles. The molecular formula is C22H16Cl4N2O5S. The van der Waals surface area contributed by atoms with Gasteiger partial charge < -0.3 is 10.1 Å². The lowest BCUT2D eigenvalue weighted by molar-refractivity contribution is -0.119. The molecule has 34 heavy (non-hydrogen) atoms. The van der Waals surface area contributed by atoms with E-state index >= 15 is 0 Å². The van der Waals surface area contributed by atoms with Crippen LogP contribution in [0.25, 0.3) is 0 Å². The Morgan fingerprint density at radius 1 is 0.912 bits per heavy atom. The van der Waals surface area contributed by atoms with E-state index in [1.54, 1.807) is 30.3 Å². The number of rotatable bonds is 7. The van der Waals surface area contributed by atoms with Crippen LogP contribution in [0.15, 0.2) is 65.6 Å². The minimum atomic E-state index is -4.00. The summed E-state index contributed by atoms with van der Waals surface area (Å²) in [5.41, 5.74) is 0.307. The van der Waals surface area contributed by atoms with Crippen LogP contribution in [0.1, 0.15) is 10.4 Å². The Morgan fingerprint density at radius 3 is 2.15 bits per heavy atom. The molecule has 178 valence electrons. The Hall–Kier alpha value is -2.49. The lowest BCUT2D eigenvalue weighted by atomic mass is 10.2. The van der Waals surface area contributed by atoms with Crippen molar-refractivity contribution in [2.24, 2.45) is 0 Å². The summed E-state index contributed by atoms with van der Waals surface area (Å²) in [6.07, 6.45) is 0. The third-order valence-electron chi connectivity index (χ3n) is 4.54. The average molecular weight is 562 g/mol. The SMILES string of the molecule is CN(c1ccccc1)S(=O)(=O)c1ccc(Cl)c(C(=O)OCC(=O)Nc2c(Cl)cc(Cl)cc2Cl)c1. The first kappa shape index (κ1) is 26.1. The molecular weight excluding hydrogens is 546 g/mol. The van der Waals surface area contributed by atoms with Crippen LogP contribution in [0.4, 0.5) is 11.4 Å². The predicted octanol–water partition coefficient (Wildman–Crippen LogP) is 5.92. The summed E-state index contributed by atoms with van der Waals surface area (Å²) in [5, 5.41) is 2.85. The van der Waals surface area contributed by atoms with Gasteiger partial charge in [-0.1, -0.05) is 64.6 Å². The number of amides is 1. The van der Waals surface area contributed by atoms with Crippen LogP contribution in [0.5, 0.6) is 0 Å². The number of anilines is 2. The van der Waals surface area contributed by atoms with Crippen LogP contribution in [-0.2, 0) is 19.6 Å². The van der Waals surface area contributed by atoms with Gasteiger partial charge in [0.25, 0.3) is 15.9 Å². The zero-order chi connectivity index (χ0) is 25.0. The molecule has 3 aromatic rings. The molecule has 0 spiro atoms. The summed E-state index contributed by atoms with van der Waals surface area (Å²) in [7, 11) is -2.62. The maximum absolute atomic E-state index is 13.0. The number of nitrogens with zero attached hydrogens (tertiary/aromatic N) is 1. The highest BCUT2D eigenvalue weighted by molar-refractivity contribution is 7.92. The van der Waals surface area contributed by atoms with E-state index in [9.17, 15) is 18.0 Å². The minimum absolute atomic E-state index is 0.0458. The van der Waals surface area contributed by atoms with Crippen molar-refractivity contribution in [1.82, 2.24) is 0 Å². The van der Waals surface area contributed by atoms with Crippen molar-refractivity contribution >= 4 is 79.7 Å². The second-order valence-corrected chi connectivity index (χ2v) is 10.4. The van der Waals surface area contributed by atoms with Crippen molar-refractivity contribution in [1.29, 1.82) is 0 Å². The van der Waals surface area contributed by atoms with Crippen molar-refractivity contribution in [2.75, 3.05) is 23.3 Å². The molecule has 0 saturated heterocycles. The van der Waals surface area contributed by atoms with E-state index in [0.717, 1.165) is 10.4 Å². The summed E-state index contributed by atoms with van der Waals surface area (Å²) in [5.74, 6) is -1.73. The van der Waals surface area contributed by atoms with Gasteiger partial charge in [0.2, 0.25) is 0 Å². The van der Waals surface area contributed by atoms with Gasteiger partial charge in [0.1, 0.15) is 0 Å². The number of carbonyl (C=O) groups excluding carboxylic acids is 2. The van der Waals surface area contributed by atoms with E-state index in [0.29, 0.717) is 5.69 Å². The van der Waals surface area contributed by atoms with Gasteiger partial charge in [-0.15, -0.1) is 0 Å². The fraction of sp³-hybridized carbons (Fsp3) is 0.0909. The molecule has 1 amide bonds. The highest BCUT2D eigenvalue weighted by atomic mass is 35.5. The number of esters is 1. The Bertz CT molecular complexity index is 1330. The molecule has 0 aliphatic carbocycles. The van der Waals surface area contributed by atoms with Crippen molar-refractivity contribution < 1.29 is 22.7 Å². The fourth-order valence-corrected chi connectivity index (χ4v) is 5.13. The molecule has 0 aliphatic rings. The third kappa shape index (κ3) is 5.95. The molecule has 7 nitrogen and oxygen atoms in total. The molecule has 12 heteroatoms. The van der Waals surface area contributed by atoms with E-state index in [1.807, 2.05) is 0 Å². The highest BCUT2D eigenvalue weighted by Gasteiger charge is 2.24. The zero-order valence-electron chi connectivity index (χ0n) is 17.4. The number of hydrogen-bond acceptors (Lipinski definition) is 5. The number of ether oxygens (including phenoxy) is 1. The third-order valence-corrected chi connectivity index (χ3v) is 7.47. The number of carbonyl (C=O) groups is 2. The average Bonchev–Trinajstić information content (AvgIpc) is 2.80. The first-order valence-electron chi connectivity index (χ1n) is 9.45. The van der Waals surface area contributed by atoms with Gasteiger partial charge in [0, 0.05) is 12.1 Å². The zero-order valence-corrected chi connectivity index (χ0v) is 21.2. The van der Waals surface area contributed by atoms with Gasteiger partial charge in [-0.05, 0) is 42.5 Å². The van der Waals surface area contributed by atoms with Crippen molar-refractivity contribution in [3.05, 3.63) is 86.3 Å². The highest BCUT2D eigenvalue weighted by Crippen LogP contribution is 2.33. The molecule has 0 heterocycles. The maximum atomic E-state index is 13.0. The van der Waals surface area contributed by atoms with E-state index < -0.39 is 28.5 Å². The minimum Gasteiger partial charge on any atom is -0.452 e. The molecule has 1 N–H and O–H groups in total. The van der Waals surface area contributed by atoms with Gasteiger partial charge in [0.05, 0.1) is 36.9 Å². The number of halogens is 4. The summed E-state index contributed by atoms with van der Waals surface area (Å²) in [6.45, 7) is -0.703. The number of hydrogen-bond donors (Lipinski definition) is 1. The van der Waals surface area contributed by atoms with Gasteiger partial charge in [0.15, 0.2) is 6.61 Å². The lowest BCUT2D eigenvalue weighted by Gasteiger charge is -2.20. The second-order valence-electron chi connectivity index (χ2n) is 6.82. The fourth-order valence-electron chi connectivity index (χ4n) is 2.80. The lowest BCUT2D eigenvalue weighted by Crippen LogP contribution is -2.27.